The number of hydrogen-bond acceptors (Lipinski definition) is 3. The van der Waals surface area contributed by atoms with E-state index in [1.165, 1.54) is 12.1 Å². The summed E-state index contributed by atoms with van der Waals surface area (Å²) < 4.78 is 5.54. The maximum absolute atomic E-state index is 12.3. The van der Waals surface area contributed by atoms with Crippen LogP contribution in [0.25, 0.3) is 0 Å². The third-order valence-corrected chi connectivity index (χ3v) is 3.65. The Morgan fingerprint density at radius 3 is 2.76 bits per heavy atom. The summed E-state index contributed by atoms with van der Waals surface area (Å²) in [6.07, 6.45) is 3.74. The van der Waals surface area contributed by atoms with Gasteiger partial charge in [0.1, 0.15) is 5.75 Å². The molecule has 1 aromatic carbocycles. The lowest BCUT2D eigenvalue weighted by molar-refractivity contribution is -0.125. The number of ether oxygens (including phenoxy) is 1. The number of benzene rings is 1. The van der Waals surface area contributed by atoms with Gasteiger partial charge in [0.2, 0.25) is 0 Å². The molecule has 1 aromatic rings. The number of aromatic carboxylic acids is 1. The smallest absolute Gasteiger partial charge is 0.335 e. The Balaban J connectivity index is 2.21. The number of carboxylic acid groups (broad SMARTS) is 1. The number of carboxylic acids is 1. The molecule has 0 fully saturated rings. The Morgan fingerprint density at radius 2 is 2.10 bits per heavy atom. The van der Waals surface area contributed by atoms with Crippen LogP contribution in [0.1, 0.15) is 49.9 Å². The highest BCUT2D eigenvalue weighted by Crippen LogP contribution is 2.35. The van der Waals surface area contributed by atoms with E-state index in [1.54, 1.807) is 17.9 Å². The van der Waals surface area contributed by atoms with Crippen LogP contribution < -0.4 is 9.64 Å². The Labute approximate surface area is 124 Å². The van der Waals surface area contributed by atoms with Gasteiger partial charge in [-0.05, 0) is 31.5 Å². The summed E-state index contributed by atoms with van der Waals surface area (Å²) in [4.78, 5) is 25.0. The normalized spacial score (nSPS) is 17.3. The molecule has 0 radical (unpaired) electrons. The van der Waals surface area contributed by atoms with E-state index < -0.39 is 12.1 Å². The topological polar surface area (TPSA) is 66.8 Å². The van der Waals surface area contributed by atoms with E-state index in [-0.39, 0.29) is 11.5 Å². The first-order valence-electron chi connectivity index (χ1n) is 7.40. The molecule has 21 heavy (non-hydrogen) atoms. The SMILES string of the molecule is CCCCCCN1C(=O)C(C)Oc2cc(C(=O)O)ccc21. The molecule has 114 valence electrons. The molecule has 2 rings (SSSR count). The summed E-state index contributed by atoms with van der Waals surface area (Å²) >= 11 is 0. The highest BCUT2D eigenvalue weighted by Gasteiger charge is 2.31. The average molecular weight is 291 g/mol. The fraction of sp³-hybridized carbons (Fsp3) is 0.500. The molecule has 1 N–H and O–H groups in total. The van der Waals surface area contributed by atoms with Gasteiger partial charge in [0.25, 0.3) is 5.91 Å². The average Bonchev–Trinajstić information content (AvgIpc) is 2.46. The Bertz CT molecular complexity index is 541. The molecule has 1 unspecified atom stereocenters. The molecular weight excluding hydrogens is 270 g/mol. The highest BCUT2D eigenvalue weighted by atomic mass is 16.5. The molecule has 0 aromatic heterocycles. The van der Waals surface area contributed by atoms with Gasteiger partial charge < -0.3 is 14.7 Å². The van der Waals surface area contributed by atoms with Gasteiger partial charge in [-0.25, -0.2) is 4.79 Å². The van der Waals surface area contributed by atoms with Gasteiger partial charge >= 0.3 is 5.97 Å². The number of anilines is 1. The molecule has 1 heterocycles. The Hall–Kier alpha value is -2.04. The minimum atomic E-state index is -1.000. The van der Waals surface area contributed by atoms with Crippen LogP contribution in [0.3, 0.4) is 0 Å². The molecule has 5 nitrogen and oxygen atoms in total. The highest BCUT2D eigenvalue weighted by molar-refractivity contribution is 6.00. The molecule has 1 atom stereocenters. The van der Waals surface area contributed by atoms with Crippen LogP contribution in [0, 0.1) is 0 Å². The van der Waals surface area contributed by atoms with Crippen LogP contribution in [0.5, 0.6) is 5.75 Å². The summed E-state index contributed by atoms with van der Waals surface area (Å²) in [5.41, 5.74) is 0.834. The van der Waals surface area contributed by atoms with E-state index in [1.807, 2.05) is 0 Å². The van der Waals surface area contributed by atoms with Crippen LogP contribution in [0.15, 0.2) is 18.2 Å². The van der Waals surface area contributed by atoms with Gasteiger partial charge in [-0.1, -0.05) is 26.2 Å². The van der Waals surface area contributed by atoms with Crippen molar-refractivity contribution >= 4 is 17.6 Å². The first-order valence-corrected chi connectivity index (χ1v) is 7.40. The number of amides is 1. The summed E-state index contributed by atoms with van der Waals surface area (Å²) in [6, 6.07) is 4.65. The predicted molar refractivity (Wildman–Crippen MR) is 80.0 cm³/mol. The number of unbranched alkanes of at least 4 members (excludes halogenated alkanes) is 3. The lowest BCUT2D eigenvalue weighted by atomic mass is 10.1. The van der Waals surface area contributed by atoms with E-state index in [0.717, 1.165) is 25.7 Å². The van der Waals surface area contributed by atoms with E-state index in [2.05, 4.69) is 6.92 Å². The van der Waals surface area contributed by atoms with Gasteiger partial charge in [-0.15, -0.1) is 0 Å². The number of fused-ring (bicyclic) bond motifs is 1. The Kier molecular flexibility index (Phi) is 4.83. The second-order valence-electron chi connectivity index (χ2n) is 5.30. The molecule has 0 saturated heterocycles. The molecule has 5 heteroatoms. The van der Waals surface area contributed by atoms with Gasteiger partial charge in [0.05, 0.1) is 11.3 Å². The molecule has 0 saturated carbocycles. The van der Waals surface area contributed by atoms with E-state index in [4.69, 9.17) is 9.84 Å². The maximum Gasteiger partial charge on any atom is 0.335 e. The van der Waals surface area contributed by atoms with Gasteiger partial charge in [0.15, 0.2) is 6.10 Å². The zero-order valence-corrected chi connectivity index (χ0v) is 12.5. The largest absolute Gasteiger partial charge is 0.479 e. The summed E-state index contributed by atoms with van der Waals surface area (Å²) in [5, 5.41) is 9.03. The number of nitrogens with zero attached hydrogens (tertiary/aromatic N) is 1. The summed E-state index contributed by atoms with van der Waals surface area (Å²) in [7, 11) is 0. The first-order chi connectivity index (χ1) is 10.0. The molecule has 0 aliphatic carbocycles. The lowest BCUT2D eigenvalue weighted by Gasteiger charge is -2.33. The first kappa shape index (κ1) is 15.4. The van der Waals surface area contributed by atoms with Gasteiger partial charge in [0, 0.05) is 6.54 Å². The minimum Gasteiger partial charge on any atom is -0.479 e. The second-order valence-corrected chi connectivity index (χ2v) is 5.30. The minimum absolute atomic E-state index is 0.0675. The van der Waals surface area contributed by atoms with Crippen molar-refractivity contribution in [2.24, 2.45) is 0 Å². The number of carbonyl (C=O) groups excluding carboxylic acids is 1. The fourth-order valence-corrected chi connectivity index (χ4v) is 2.47. The van der Waals surface area contributed by atoms with Crippen LogP contribution in [0.2, 0.25) is 0 Å². The fourth-order valence-electron chi connectivity index (χ4n) is 2.47. The van der Waals surface area contributed by atoms with Gasteiger partial charge in [-0.2, -0.15) is 0 Å². The van der Waals surface area contributed by atoms with Crippen molar-refractivity contribution in [2.45, 2.75) is 45.6 Å². The van der Waals surface area contributed by atoms with Crippen LogP contribution in [-0.4, -0.2) is 29.6 Å². The molecule has 1 aliphatic heterocycles. The van der Waals surface area contributed by atoms with Crippen molar-refractivity contribution in [3.8, 4) is 5.75 Å². The standard InChI is InChI=1S/C16H21NO4/c1-3-4-5-6-9-17-13-8-7-12(16(19)20)10-14(13)21-11(2)15(17)18/h7-8,10-11H,3-6,9H2,1-2H3,(H,19,20). The van der Waals surface area contributed by atoms with Crippen molar-refractivity contribution < 1.29 is 19.4 Å². The van der Waals surface area contributed by atoms with Gasteiger partial charge in [-0.3, -0.25) is 4.79 Å². The third-order valence-electron chi connectivity index (χ3n) is 3.65. The predicted octanol–water partition coefficient (Wildman–Crippen LogP) is 3.08. The second kappa shape index (κ2) is 6.61. The zero-order valence-electron chi connectivity index (χ0n) is 12.5. The quantitative estimate of drug-likeness (QED) is 0.818. The van der Waals surface area contributed by atoms with Crippen molar-refractivity contribution in [1.29, 1.82) is 0 Å². The Morgan fingerprint density at radius 1 is 1.33 bits per heavy atom. The monoisotopic (exact) mass is 291 g/mol. The molecule has 1 aliphatic rings. The van der Waals surface area contributed by atoms with Crippen molar-refractivity contribution in [3.63, 3.8) is 0 Å². The van der Waals surface area contributed by atoms with Crippen molar-refractivity contribution in [1.82, 2.24) is 0 Å². The van der Waals surface area contributed by atoms with Crippen molar-refractivity contribution in [2.75, 3.05) is 11.4 Å². The van der Waals surface area contributed by atoms with E-state index in [9.17, 15) is 9.59 Å². The third kappa shape index (κ3) is 3.35. The lowest BCUT2D eigenvalue weighted by Crippen LogP contribution is -2.44. The molecule has 0 bridgehead atoms. The van der Waals surface area contributed by atoms with E-state index >= 15 is 0 Å². The summed E-state index contributed by atoms with van der Waals surface area (Å²) in [6.45, 7) is 4.48. The number of carbonyl (C=O) groups is 2. The number of rotatable bonds is 6. The molecule has 1 amide bonds. The van der Waals surface area contributed by atoms with Crippen molar-refractivity contribution in [3.05, 3.63) is 23.8 Å². The number of hydrogen-bond donors (Lipinski definition) is 1. The van der Waals surface area contributed by atoms with Crippen LogP contribution >= 0.6 is 0 Å². The maximum atomic E-state index is 12.3. The van der Waals surface area contributed by atoms with Crippen LogP contribution in [0.4, 0.5) is 5.69 Å². The van der Waals surface area contributed by atoms with E-state index in [0.29, 0.717) is 18.0 Å². The summed E-state index contributed by atoms with van der Waals surface area (Å²) in [5.74, 6) is -0.597. The molecular formula is C16H21NO4. The zero-order chi connectivity index (χ0) is 15.4. The van der Waals surface area contributed by atoms with Crippen LogP contribution in [-0.2, 0) is 4.79 Å². The molecule has 0 spiro atoms.